The molecule has 0 atom stereocenters. The highest BCUT2D eigenvalue weighted by Gasteiger charge is 2.38. The smallest absolute Gasteiger partial charge is 0.267 e. The SMILES string of the molecule is CCOc1cc(/C=C2/SC(=Nc3ccc(C)cc3)N(C3CCCCC3)C2=O)ccc1OCC(=O)Nc1ccccc1. The van der Waals surface area contributed by atoms with Gasteiger partial charge in [0, 0.05) is 11.7 Å². The van der Waals surface area contributed by atoms with Crippen LogP contribution in [0, 0.1) is 6.92 Å². The molecule has 0 bridgehead atoms. The molecule has 1 saturated heterocycles. The zero-order chi connectivity index (χ0) is 28.6. The molecular formula is C33H35N3O4S. The first-order valence-corrected chi connectivity index (χ1v) is 14.9. The molecule has 1 aliphatic heterocycles. The van der Waals surface area contributed by atoms with Crippen molar-refractivity contribution in [3.8, 4) is 11.5 Å². The summed E-state index contributed by atoms with van der Waals surface area (Å²) in [5.74, 6) is 0.709. The molecule has 1 N–H and O–H groups in total. The molecule has 3 aromatic carbocycles. The normalized spacial score (nSPS) is 17.7. The summed E-state index contributed by atoms with van der Waals surface area (Å²) in [6, 6.07) is 22.9. The van der Waals surface area contributed by atoms with Gasteiger partial charge in [-0.2, -0.15) is 0 Å². The molecule has 7 nitrogen and oxygen atoms in total. The predicted molar refractivity (Wildman–Crippen MR) is 166 cm³/mol. The van der Waals surface area contributed by atoms with Crippen molar-refractivity contribution in [1.29, 1.82) is 0 Å². The number of anilines is 1. The summed E-state index contributed by atoms with van der Waals surface area (Å²) >= 11 is 1.42. The predicted octanol–water partition coefficient (Wildman–Crippen LogP) is 7.35. The number of hydrogen-bond acceptors (Lipinski definition) is 6. The summed E-state index contributed by atoms with van der Waals surface area (Å²) in [5, 5.41) is 3.54. The van der Waals surface area contributed by atoms with Crippen molar-refractivity contribution in [2.45, 2.75) is 52.0 Å². The standard InChI is InChI=1S/C33H35N3O4S/c1-3-39-29-20-24(16-19-28(29)40-22-31(37)34-25-10-6-4-7-11-25)21-30-32(38)36(27-12-8-5-9-13-27)33(41-30)35-26-17-14-23(2)15-18-26/h4,6-7,10-11,14-21,27H,3,5,8-9,12-13,22H2,1-2H3,(H,34,37)/b30-21+,35-33?. The molecule has 1 saturated carbocycles. The van der Waals surface area contributed by atoms with Gasteiger partial charge >= 0.3 is 0 Å². The van der Waals surface area contributed by atoms with Crippen LogP contribution in [-0.2, 0) is 9.59 Å². The van der Waals surface area contributed by atoms with Gasteiger partial charge in [-0.3, -0.25) is 14.5 Å². The molecule has 2 amide bonds. The van der Waals surface area contributed by atoms with Gasteiger partial charge in [-0.05, 0) is 86.5 Å². The Morgan fingerprint density at radius 2 is 1.76 bits per heavy atom. The maximum atomic E-state index is 13.7. The lowest BCUT2D eigenvalue weighted by atomic mass is 9.94. The molecule has 2 fully saturated rings. The van der Waals surface area contributed by atoms with Gasteiger partial charge in [-0.1, -0.05) is 61.2 Å². The van der Waals surface area contributed by atoms with Gasteiger partial charge in [-0.15, -0.1) is 0 Å². The third-order valence-corrected chi connectivity index (χ3v) is 8.00. The lowest BCUT2D eigenvalue weighted by Gasteiger charge is -2.30. The number of rotatable bonds is 9. The van der Waals surface area contributed by atoms with Crippen molar-refractivity contribution in [2.24, 2.45) is 4.99 Å². The molecule has 41 heavy (non-hydrogen) atoms. The molecule has 5 rings (SSSR count). The van der Waals surface area contributed by atoms with Crippen molar-refractivity contribution in [3.05, 3.63) is 88.8 Å². The molecular weight excluding hydrogens is 534 g/mol. The van der Waals surface area contributed by atoms with Gasteiger partial charge < -0.3 is 14.8 Å². The fourth-order valence-electron chi connectivity index (χ4n) is 4.97. The second kappa shape index (κ2) is 13.5. The summed E-state index contributed by atoms with van der Waals surface area (Å²) < 4.78 is 11.6. The molecule has 8 heteroatoms. The van der Waals surface area contributed by atoms with Gasteiger partial charge in [0.05, 0.1) is 17.2 Å². The van der Waals surface area contributed by atoms with Crippen LogP contribution < -0.4 is 14.8 Å². The lowest BCUT2D eigenvalue weighted by Crippen LogP contribution is -2.40. The number of nitrogens with zero attached hydrogens (tertiary/aromatic N) is 2. The van der Waals surface area contributed by atoms with Crippen LogP contribution >= 0.6 is 11.8 Å². The first kappa shape index (κ1) is 28.5. The van der Waals surface area contributed by atoms with E-state index in [1.807, 2.05) is 91.6 Å². The van der Waals surface area contributed by atoms with Crippen molar-refractivity contribution in [1.82, 2.24) is 4.90 Å². The Balaban J connectivity index is 1.36. The number of amides is 2. The van der Waals surface area contributed by atoms with E-state index in [1.165, 1.54) is 23.7 Å². The number of thioether (sulfide) groups is 1. The van der Waals surface area contributed by atoms with E-state index in [1.54, 1.807) is 6.07 Å². The number of amidine groups is 1. The Bertz CT molecular complexity index is 1430. The maximum absolute atomic E-state index is 13.7. The number of carbonyl (C=O) groups is 2. The van der Waals surface area contributed by atoms with E-state index in [9.17, 15) is 9.59 Å². The molecule has 0 aromatic heterocycles. The van der Waals surface area contributed by atoms with Gasteiger partial charge in [-0.25, -0.2) is 4.99 Å². The summed E-state index contributed by atoms with van der Waals surface area (Å²) in [6.07, 6.45) is 7.32. The van der Waals surface area contributed by atoms with Crippen molar-refractivity contribution in [2.75, 3.05) is 18.5 Å². The van der Waals surface area contributed by atoms with Crippen LogP contribution in [0.2, 0.25) is 0 Å². The molecule has 2 aliphatic rings. The summed E-state index contributed by atoms with van der Waals surface area (Å²) in [7, 11) is 0. The molecule has 0 unspecified atom stereocenters. The number of aryl methyl sites for hydroxylation is 1. The largest absolute Gasteiger partial charge is 0.490 e. The Morgan fingerprint density at radius 3 is 2.49 bits per heavy atom. The number of ether oxygens (including phenoxy) is 2. The quantitative estimate of drug-likeness (QED) is 0.273. The molecule has 1 heterocycles. The Kier molecular flexibility index (Phi) is 9.41. The van der Waals surface area contributed by atoms with Crippen LogP contribution in [0.1, 0.15) is 50.2 Å². The fraction of sp³-hybridized carbons (Fsp3) is 0.303. The van der Waals surface area contributed by atoms with Gasteiger partial charge in [0.15, 0.2) is 23.3 Å². The Labute approximate surface area is 245 Å². The first-order valence-electron chi connectivity index (χ1n) is 14.1. The van der Waals surface area contributed by atoms with Gasteiger partial charge in [0.1, 0.15) is 0 Å². The van der Waals surface area contributed by atoms with Crippen LogP contribution in [0.4, 0.5) is 11.4 Å². The second-order valence-electron chi connectivity index (χ2n) is 10.1. The minimum Gasteiger partial charge on any atom is -0.490 e. The highest BCUT2D eigenvalue weighted by atomic mass is 32.2. The highest BCUT2D eigenvalue weighted by molar-refractivity contribution is 8.18. The highest BCUT2D eigenvalue weighted by Crippen LogP contribution is 2.39. The maximum Gasteiger partial charge on any atom is 0.267 e. The van der Waals surface area contributed by atoms with E-state index >= 15 is 0 Å². The number of carbonyl (C=O) groups excluding carboxylic acids is 2. The van der Waals surface area contributed by atoms with Crippen molar-refractivity contribution < 1.29 is 19.1 Å². The van der Waals surface area contributed by atoms with Gasteiger partial charge in [0.2, 0.25) is 0 Å². The van der Waals surface area contributed by atoms with E-state index in [0.717, 1.165) is 42.1 Å². The summed E-state index contributed by atoms with van der Waals surface area (Å²) in [4.78, 5) is 33.5. The van der Waals surface area contributed by atoms with Crippen LogP contribution in [0.3, 0.4) is 0 Å². The average Bonchev–Trinajstić information content (AvgIpc) is 3.28. The van der Waals surface area contributed by atoms with E-state index in [0.29, 0.717) is 28.7 Å². The number of benzene rings is 3. The fourth-order valence-corrected chi connectivity index (χ4v) is 6.03. The Morgan fingerprint density at radius 1 is 1.00 bits per heavy atom. The van der Waals surface area contributed by atoms with Crippen molar-refractivity contribution in [3.63, 3.8) is 0 Å². The third kappa shape index (κ3) is 7.38. The summed E-state index contributed by atoms with van der Waals surface area (Å²) in [6.45, 7) is 4.22. The zero-order valence-electron chi connectivity index (χ0n) is 23.5. The minimum atomic E-state index is -0.263. The topological polar surface area (TPSA) is 80.2 Å². The molecule has 3 aromatic rings. The van der Waals surface area contributed by atoms with Crippen LogP contribution in [0.25, 0.3) is 6.08 Å². The number of para-hydroxylation sites is 1. The third-order valence-electron chi connectivity index (χ3n) is 7.02. The number of nitrogens with one attached hydrogen (secondary N) is 1. The first-order chi connectivity index (χ1) is 20.0. The van der Waals surface area contributed by atoms with E-state index in [-0.39, 0.29) is 24.5 Å². The molecule has 0 radical (unpaired) electrons. The minimum absolute atomic E-state index is 0.0105. The van der Waals surface area contributed by atoms with Gasteiger partial charge in [0.25, 0.3) is 11.8 Å². The van der Waals surface area contributed by atoms with Crippen LogP contribution in [0.15, 0.2) is 82.7 Å². The average molecular weight is 570 g/mol. The molecule has 0 spiro atoms. The van der Waals surface area contributed by atoms with Crippen LogP contribution in [0.5, 0.6) is 11.5 Å². The molecule has 1 aliphatic carbocycles. The molecule has 212 valence electrons. The Hall–Kier alpha value is -4.04. The van der Waals surface area contributed by atoms with Crippen molar-refractivity contribution >= 4 is 46.2 Å². The lowest BCUT2D eigenvalue weighted by molar-refractivity contribution is -0.124. The van der Waals surface area contributed by atoms with E-state index < -0.39 is 0 Å². The monoisotopic (exact) mass is 569 g/mol. The van der Waals surface area contributed by atoms with E-state index in [4.69, 9.17) is 14.5 Å². The zero-order valence-corrected chi connectivity index (χ0v) is 24.3. The number of hydrogen-bond donors (Lipinski definition) is 1. The second-order valence-corrected chi connectivity index (χ2v) is 11.2. The van der Waals surface area contributed by atoms with Crippen LogP contribution in [-0.4, -0.2) is 41.1 Å². The van der Waals surface area contributed by atoms with E-state index in [2.05, 4.69) is 5.32 Å². The summed E-state index contributed by atoms with van der Waals surface area (Å²) in [5.41, 5.74) is 3.53. The number of aliphatic imine (C=N–C) groups is 1.